The number of hydrogen-bond acceptors (Lipinski definition) is 4. The van der Waals surface area contributed by atoms with Gasteiger partial charge in [-0.25, -0.2) is 4.79 Å². The first-order valence-corrected chi connectivity index (χ1v) is 6.28. The van der Waals surface area contributed by atoms with E-state index in [-0.39, 0.29) is 18.7 Å². The van der Waals surface area contributed by atoms with Crippen LogP contribution in [0.1, 0.15) is 27.2 Å². The van der Waals surface area contributed by atoms with Crippen LogP contribution in [0.3, 0.4) is 0 Å². The van der Waals surface area contributed by atoms with Gasteiger partial charge in [0.1, 0.15) is 5.60 Å². The molecule has 0 aliphatic carbocycles. The van der Waals surface area contributed by atoms with Crippen molar-refractivity contribution in [2.45, 2.75) is 38.8 Å². The molecule has 1 unspecified atom stereocenters. The summed E-state index contributed by atoms with van der Waals surface area (Å²) >= 11 is 1.69. The average Bonchev–Trinajstić information content (AvgIpc) is 2.15. The maximum atomic E-state index is 11.8. The third-order valence-electron chi connectivity index (χ3n) is 2.11. The maximum absolute atomic E-state index is 11.8. The number of amides is 1. The van der Waals surface area contributed by atoms with E-state index >= 15 is 0 Å². The lowest BCUT2D eigenvalue weighted by Gasteiger charge is -2.35. The highest BCUT2D eigenvalue weighted by Gasteiger charge is 2.30. The number of nitrogens with zero attached hydrogens (tertiary/aromatic N) is 1. The third-order valence-corrected chi connectivity index (χ3v) is 3.09. The third kappa shape index (κ3) is 3.91. The Hall–Kier alpha value is -0.420. The van der Waals surface area contributed by atoms with E-state index in [1.807, 2.05) is 20.8 Å². The molecule has 1 saturated heterocycles. The molecule has 1 heterocycles. The molecule has 0 aromatic heterocycles. The second-order valence-corrected chi connectivity index (χ2v) is 5.69. The van der Waals surface area contributed by atoms with Crippen LogP contribution in [0.4, 0.5) is 4.79 Å². The van der Waals surface area contributed by atoms with Crippen molar-refractivity contribution in [3.05, 3.63) is 0 Å². The predicted octanol–water partition coefficient (Wildman–Crippen LogP) is 1.68. The Bertz CT molecular complexity index is 227. The zero-order valence-electron chi connectivity index (χ0n) is 9.52. The minimum absolute atomic E-state index is 0.0137. The van der Waals surface area contributed by atoms with Crippen LogP contribution in [0.2, 0.25) is 0 Å². The van der Waals surface area contributed by atoms with Crippen molar-refractivity contribution in [3.63, 3.8) is 0 Å². The normalized spacial score (nSPS) is 22.7. The Labute approximate surface area is 95.0 Å². The Morgan fingerprint density at radius 1 is 1.60 bits per heavy atom. The molecule has 1 N–H and O–H groups in total. The Morgan fingerprint density at radius 2 is 2.27 bits per heavy atom. The van der Waals surface area contributed by atoms with Gasteiger partial charge in [0.2, 0.25) is 0 Å². The van der Waals surface area contributed by atoms with Crippen LogP contribution in [0.5, 0.6) is 0 Å². The van der Waals surface area contributed by atoms with Crippen molar-refractivity contribution in [2.24, 2.45) is 0 Å². The van der Waals surface area contributed by atoms with E-state index in [1.165, 1.54) is 0 Å². The monoisotopic (exact) mass is 233 g/mol. The second kappa shape index (κ2) is 5.07. The molecule has 5 heteroatoms. The molecule has 0 bridgehead atoms. The van der Waals surface area contributed by atoms with E-state index in [9.17, 15) is 4.79 Å². The summed E-state index contributed by atoms with van der Waals surface area (Å²) in [5.41, 5.74) is -0.473. The number of aliphatic hydroxyl groups is 1. The van der Waals surface area contributed by atoms with Crippen LogP contribution >= 0.6 is 11.8 Å². The number of aliphatic hydroxyl groups excluding tert-OH is 1. The Morgan fingerprint density at radius 3 is 2.80 bits per heavy atom. The minimum atomic E-state index is -0.473. The molecule has 88 valence electrons. The summed E-state index contributed by atoms with van der Waals surface area (Å²) in [7, 11) is 0. The molecule has 1 aliphatic rings. The number of ether oxygens (including phenoxy) is 1. The fraction of sp³-hybridized carbons (Fsp3) is 0.900. The van der Waals surface area contributed by atoms with E-state index in [0.717, 1.165) is 12.2 Å². The summed E-state index contributed by atoms with van der Waals surface area (Å²) in [4.78, 5) is 13.4. The van der Waals surface area contributed by atoms with E-state index in [0.29, 0.717) is 5.88 Å². The first-order chi connectivity index (χ1) is 6.94. The van der Waals surface area contributed by atoms with Gasteiger partial charge in [0.25, 0.3) is 0 Å². The molecule has 15 heavy (non-hydrogen) atoms. The summed E-state index contributed by atoms with van der Waals surface area (Å²) in [5, 5.41) is 9.15. The summed E-state index contributed by atoms with van der Waals surface area (Å²) in [6.07, 6.45) is 0.509. The molecule has 1 atom stereocenters. The smallest absolute Gasteiger partial charge is 0.411 e. The summed E-state index contributed by atoms with van der Waals surface area (Å²) in [5.74, 6) is 1.60. The number of hydrogen-bond donors (Lipinski definition) is 1. The minimum Gasteiger partial charge on any atom is -0.444 e. The standard InChI is InChI=1S/C10H19NO3S/c1-10(2,3)14-9(13)11-7-15-5-4-8(11)6-12/h8,12H,4-7H2,1-3H3. The van der Waals surface area contributed by atoms with Gasteiger partial charge in [-0.2, -0.15) is 0 Å². The molecule has 1 aliphatic heterocycles. The first-order valence-electron chi connectivity index (χ1n) is 5.12. The van der Waals surface area contributed by atoms with Crippen LogP contribution in [0.15, 0.2) is 0 Å². The summed E-state index contributed by atoms with van der Waals surface area (Å²) in [6.45, 7) is 5.54. The number of carbonyl (C=O) groups excluding carboxylic acids is 1. The molecular formula is C10H19NO3S. The van der Waals surface area contributed by atoms with Gasteiger partial charge in [0.05, 0.1) is 18.5 Å². The second-order valence-electron chi connectivity index (χ2n) is 4.61. The maximum Gasteiger partial charge on any atom is 0.411 e. The van der Waals surface area contributed by atoms with E-state index in [2.05, 4.69) is 0 Å². The van der Waals surface area contributed by atoms with Gasteiger partial charge in [-0.15, -0.1) is 11.8 Å². The average molecular weight is 233 g/mol. The highest BCUT2D eigenvalue weighted by atomic mass is 32.2. The number of carbonyl (C=O) groups is 1. The van der Waals surface area contributed by atoms with E-state index in [4.69, 9.17) is 9.84 Å². The molecule has 0 aromatic carbocycles. The van der Waals surface area contributed by atoms with Crippen molar-refractivity contribution >= 4 is 17.9 Å². The molecule has 1 amide bonds. The van der Waals surface area contributed by atoms with Crippen molar-refractivity contribution in [1.82, 2.24) is 4.90 Å². The fourth-order valence-corrected chi connectivity index (χ4v) is 2.44. The zero-order valence-corrected chi connectivity index (χ0v) is 10.3. The predicted molar refractivity (Wildman–Crippen MR) is 60.9 cm³/mol. The molecule has 1 rings (SSSR count). The molecule has 0 aromatic rings. The van der Waals surface area contributed by atoms with Gasteiger partial charge in [0, 0.05) is 0 Å². The van der Waals surface area contributed by atoms with Crippen LogP contribution in [0.25, 0.3) is 0 Å². The quantitative estimate of drug-likeness (QED) is 0.748. The van der Waals surface area contributed by atoms with Crippen LogP contribution in [-0.4, -0.2) is 46.0 Å². The van der Waals surface area contributed by atoms with Crippen molar-refractivity contribution in [3.8, 4) is 0 Å². The van der Waals surface area contributed by atoms with Crippen molar-refractivity contribution in [1.29, 1.82) is 0 Å². The lowest BCUT2D eigenvalue weighted by atomic mass is 10.2. The van der Waals surface area contributed by atoms with E-state index in [1.54, 1.807) is 16.7 Å². The SMILES string of the molecule is CC(C)(C)OC(=O)N1CSCCC1CO. The van der Waals surface area contributed by atoms with Crippen LogP contribution in [-0.2, 0) is 4.74 Å². The fourth-order valence-electron chi connectivity index (χ4n) is 1.36. The summed E-state index contributed by atoms with van der Waals surface area (Å²) < 4.78 is 5.27. The Kier molecular flexibility index (Phi) is 4.28. The molecule has 4 nitrogen and oxygen atoms in total. The highest BCUT2D eigenvalue weighted by molar-refractivity contribution is 7.99. The van der Waals surface area contributed by atoms with Gasteiger partial charge in [0.15, 0.2) is 0 Å². The number of thioether (sulfide) groups is 1. The lowest BCUT2D eigenvalue weighted by molar-refractivity contribution is 0.0132. The molecule has 1 fully saturated rings. The topological polar surface area (TPSA) is 49.8 Å². The summed E-state index contributed by atoms with van der Waals surface area (Å²) in [6, 6.07) is -0.0823. The van der Waals surface area contributed by atoms with Crippen LogP contribution in [0, 0.1) is 0 Å². The lowest BCUT2D eigenvalue weighted by Crippen LogP contribution is -2.47. The molecular weight excluding hydrogens is 214 g/mol. The van der Waals surface area contributed by atoms with Crippen molar-refractivity contribution < 1.29 is 14.6 Å². The van der Waals surface area contributed by atoms with Gasteiger partial charge in [-0.1, -0.05) is 0 Å². The molecule has 0 spiro atoms. The van der Waals surface area contributed by atoms with Gasteiger partial charge in [-0.3, -0.25) is 4.90 Å². The van der Waals surface area contributed by atoms with Gasteiger partial charge >= 0.3 is 6.09 Å². The first kappa shape index (κ1) is 12.6. The molecule has 0 saturated carbocycles. The van der Waals surface area contributed by atoms with Crippen molar-refractivity contribution in [2.75, 3.05) is 18.2 Å². The van der Waals surface area contributed by atoms with E-state index < -0.39 is 5.60 Å². The van der Waals surface area contributed by atoms with Gasteiger partial charge < -0.3 is 9.84 Å². The van der Waals surface area contributed by atoms with Crippen LogP contribution < -0.4 is 0 Å². The van der Waals surface area contributed by atoms with Gasteiger partial charge in [-0.05, 0) is 32.9 Å². The highest BCUT2D eigenvalue weighted by Crippen LogP contribution is 2.22. The largest absolute Gasteiger partial charge is 0.444 e. The Balaban J connectivity index is 2.56. The zero-order chi connectivity index (χ0) is 11.5. The number of rotatable bonds is 1. The molecule has 0 radical (unpaired) electrons.